The van der Waals surface area contributed by atoms with E-state index >= 15 is 0 Å². The quantitative estimate of drug-likeness (QED) is 0.840. The topological polar surface area (TPSA) is 82.5 Å². The summed E-state index contributed by atoms with van der Waals surface area (Å²) in [5.74, 6) is -0.367. The van der Waals surface area contributed by atoms with Crippen LogP contribution in [-0.4, -0.2) is 42.1 Å². The SMILES string of the molecule is CNC(=O)C1(C)CCN(c2cc(C(=O)O)ccn2)C1. The summed E-state index contributed by atoms with van der Waals surface area (Å²) in [5.41, 5.74) is -0.242. The number of anilines is 1. The van der Waals surface area contributed by atoms with Gasteiger partial charge < -0.3 is 15.3 Å². The first-order valence-electron chi connectivity index (χ1n) is 6.13. The predicted octanol–water partition coefficient (Wildman–Crippen LogP) is 0.742. The summed E-state index contributed by atoms with van der Waals surface area (Å²) in [7, 11) is 1.62. The van der Waals surface area contributed by atoms with Crippen molar-refractivity contribution in [1.29, 1.82) is 0 Å². The molecular formula is C13H17N3O3. The van der Waals surface area contributed by atoms with E-state index in [1.807, 2.05) is 11.8 Å². The lowest BCUT2D eigenvalue weighted by molar-refractivity contribution is -0.128. The average molecular weight is 263 g/mol. The molecule has 1 aromatic heterocycles. The molecule has 0 bridgehead atoms. The van der Waals surface area contributed by atoms with E-state index in [4.69, 9.17) is 5.11 Å². The monoisotopic (exact) mass is 263 g/mol. The Labute approximate surface area is 111 Å². The first-order valence-corrected chi connectivity index (χ1v) is 6.13. The van der Waals surface area contributed by atoms with Crippen molar-refractivity contribution in [3.63, 3.8) is 0 Å². The van der Waals surface area contributed by atoms with E-state index in [2.05, 4.69) is 10.3 Å². The molecule has 0 saturated carbocycles. The molecule has 1 amide bonds. The largest absolute Gasteiger partial charge is 0.478 e. The Morgan fingerprint density at radius 2 is 2.26 bits per heavy atom. The van der Waals surface area contributed by atoms with E-state index in [1.54, 1.807) is 7.05 Å². The fourth-order valence-corrected chi connectivity index (χ4v) is 2.37. The molecule has 1 unspecified atom stereocenters. The van der Waals surface area contributed by atoms with E-state index < -0.39 is 11.4 Å². The van der Waals surface area contributed by atoms with E-state index in [0.717, 1.165) is 6.42 Å². The molecule has 0 spiro atoms. The summed E-state index contributed by atoms with van der Waals surface area (Å²) in [6.07, 6.45) is 2.21. The second kappa shape index (κ2) is 4.87. The highest BCUT2D eigenvalue weighted by Gasteiger charge is 2.40. The lowest BCUT2D eigenvalue weighted by atomic mass is 9.89. The molecule has 2 rings (SSSR count). The number of carbonyl (C=O) groups is 2. The van der Waals surface area contributed by atoms with Gasteiger partial charge in [0.25, 0.3) is 0 Å². The summed E-state index contributed by atoms with van der Waals surface area (Å²) in [6.45, 7) is 3.15. The molecule has 102 valence electrons. The van der Waals surface area contributed by atoms with E-state index in [9.17, 15) is 9.59 Å². The second-order valence-electron chi connectivity index (χ2n) is 5.02. The van der Waals surface area contributed by atoms with Gasteiger partial charge in [0, 0.05) is 26.3 Å². The number of nitrogens with zero attached hydrogens (tertiary/aromatic N) is 2. The first-order chi connectivity index (χ1) is 8.96. The van der Waals surface area contributed by atoms with Crippen LogP contribution in [-0.2, 0) is 4.79 Å². The highest BCUT2D eigenvalue weighted by molar-refractivity contribution is 5.88. The lowest BCUT2D eigenvalue weighted by Crippen LogP contribution is -2.39. The lowest BCUT2D eigenvalue weighted by Gasteiger charge is -2.23. The van der Waals surface area contributed by atoms with Crippen molar-refractivity contribution in [3.8, 4) is 0 Å². The first kappa shape index (κ1) is 13.3. The Hall–Kier alpha value is -2.11. The molecule has 0 aromatic carbocycles. The third kappa shape index (κ3) is 2.52. The van der Waals surface area contributed by atoms with Crippen LogP contribution in [0.15, 0.2) is 18.3 Å². The van der Waals surface area contributed by atoms with Gasteiger partial charge in [-0.3, -0.25) is 4.79 Å². The molecule has 19 heavy (non-hydrogen) atoms. The Morgan fingerprint density at radius 3 is 2.89 bits per heavy atom. The van der Waals surface area contributed by atoms with Gasteiger partial charge in [-0.05, 0) is 25.5 Å². The van der Waals surface area contributed by atoms with Gasteiger partial charge in [-0.1, -0.05) is 0 Å². The zero-order valence-electron chi connectivity index (χ0n) is 11.0. The van der Waals surface area contributed by atoms with Gasteiger partial charge in [0.05, 0.1) is 11.0 Å². The number of carbonyl (C=O) groups excluding carboxylic acids is 1. The maximum absolute atomic E-state index is 11.8. The molecule has 1 aliphatic rings. The van der Waals surface area contributed by atoms with Crippen molar-refractivity contribution >= 4 is 17.7 Å². The van der Waals surface area contributed by atoms with Crippen LogP contribution >= 0.6 is 0 Å². The number of hydrogen-bond acceptors (Lipinski definition) is 4. The molecule has 1 atom stereocenters. The van der Waals surface area contributed by atoms with Crippen molar-refractivity contribution in [2.24, 2.45) is 5.41 Å². The maximum Gasteiger partial charge on any atom is 0.335 e. The fourth-order valence-electron chi connectivity index (χ4n) is 2.37. The molecule has 6 nitrogen and oxygen atoms in total. The van der Waals surface area contributed by atoms with Crippen LogP contribution in [0, 0.1) is 5.41 Å². The smallest absolute Gasteiger partial charge is 0.335 e. The Balaban J connectivity index is 2.19. The van der Waals surface area contributed by atoms with E-state index in [-0.39, 0.29) is 11.5 Å². The van der Waals surface area contributed by atoms with Gasteiger partial charge in [0.15, 0.2) is 0 Å². The normalized spacial score (nSPS) is 22.3. The Kier molecular flexibility index (Phi) is 3.42. The van der Waals surface area contributed by atoms with E-state index in [1.165, 1.54) is 18.3 Å². The van der Waals surface area contributed by atoms with Crippen LogP contribution in [0.25, 0.3) is 0 Å². The zero-order chi connectivity index (χ0) is 14.0. The van der Waals surface area contributed by atoms with Crippen molar-refractivity contribution < 1.29 is 14.7 Å². The van der Waals surface area contributed by atoms with Crippen LogP contribution in [0.3, 0.4) is 0 Å². The number of rotatable bonds is 3. The molecule has 6 heteroatoms. The molecule has 2 heterocycles. The standard InChI is InChI=1S/C13H17N3O3/c1-13(12(19)14-2)4-6-16(8-13)10-7-9(11(17)18)3-5-15-10/h3,5,7H,4,6,8H2,1-2H3,(H,14,19)(H,17,18). The summed E-state index contributed by atoms with van der Waals surface area (Å²) in [4.78, 5) is 28.9. The minimum absolute atomic E-state index is 0.00406. The molecule has 0 aliphatic carbocycles. The van der Waals surface area contributed by atoms with Crippen LogP contribution in [0.1, 0.15) is 23.7 Å². The number of hydrogen-bond donors (Lipinski definition) is 2. The predicted molar refractivity (Wildman–Crippen MR) is 70.2 cm³/mol. The third-order valence-corrected chi connectivity index (χ3v) is 3.57. The van der Waals surface area contributed by atoms with Crippen molar-refractivity contribution in [1.82, 2.24) is 10.3 Å². The minimum Gasteiger partial charge on any atom is -0.478 e. The second-order valence-corrected chi connectivity index (χ2v) is 5.02. The molecular weight excluding hydrogens is 246 g/mol. The van der Waals surface area contributed by atoms with Crippen molar-refractivity contribution in [2.75, 3.05) is 25.0 Å². The zero-order valence-corrected chi connectivity index (χ0v) is 11.0. The summed E-state index contributed by atoms with van der Waals surface area (Å²) < 4.78 is 0. The third-order valence-electron chi connectivity index (χ3n) is 3.57. The highest BCUT2D eigenvalue weighted by Crippen LogP contribution is 2.32. The van der Waals surface area contributed by atoms with Crippen molar-refractivity contribution in [2.45, 2.75) is 13.3 Å². The van der Waals surface area contributed by atoms with Crippen LogP contribution in [0.4, 0.5) is 5.82 Å². The van der Waals surface area contributed by atoms with Gasteiger partial charge in [0.1, 0.15) is 5.82 Å². The molecule has 1 saturated heterocycles. The number of nitrogens with one attached hydrogen (secondary N) is 1. The fraction of sp³-hybridized carbons (Fsp3) is 0.462. The molecule has 1 aliphatic heterocycles. The van der Waals surface area contributed by atoms with Crippen LogP contribution in [0.2, 0.25) is 0 Å². The number of carboxylic acid groups (broad SMARTS) is 1. The Morgan fingerprint density at radius 1 is 1.53 bits per heavy atom. The van der Waals surface area contributed by atoms with Crippen molar-refractivity contribution in [3.05, 3.63) is 23.9 Å². The Bertz CT molecular complexity index is 518. The minimum atomic E-state index is -0.975. The number of amides is 1. The summed E-state index contributed by atoms with van der Waals surface area (Å²) in [5, 5.41) is 11.6. The van der Waals surface area contributed by atoms with Crippen LogP contribution < -0.4 is 10.2 Å². The van der Waals surface area contributed by atoms with Crippen LogP contribution in [0.5, 0.6) is 0 Å². The highest BCUT2D eigenvalue weighted by atomic mass is 16.4. The summed E-state index contributed by atoms with van der Waals surface area (Å²) >= 11 is 0. The van der Waals surface area contributed by atoms with Gasteiger partial charge >= 0.3 is 5.97 Å². The molecule has 1 aromatic rings. The number of pyridine rings is 1. The molecule has 2 N–H and O–H groups in total. The number of aromatic nitrogens is 1. The van der Waals surface area contributed by atoms with E-state index in [0.29, 0.717) is 18.9 Å². The average Bonchev–Trinajstić information content (AvgIpc) is 2.82. The van der Waals surface area contributed by atoms with Gasteiger partial charge in [-0.15, -0.1) is 0 Å². The molecule has 1 fully saturated rings. The van der Waals surface area contributed by atoms with Gasteiger partial charge in [0.2, 0.25) is 5.91 Å². The number of carboxylic acids is 1. The van der Waals surface area contributed by atoms with Gasteiger partial charge in [-0.25, -0.2) is 9.78 Å². The molecule has 0 radical (unpaired) electrons. The maximum atomic E-state index is 11.8. The van der Waals surface area contributed by atoms with Gasteiger partial charge in [-0.2, -0.15) is 0 Å². The number of aromatic carboxylic acids is 1. The summed E-state index contributed by atoms with van der Waals surface area (Å²) in [6, 6.07) is 3.00.